The van der Waals surface area contributed by atoms with Crippen molar-refractivity contribution in [2.75, 3.05) is 13.2 Å². The third-order valence-electron chi connectivity index (χ3n) is 6.65. The van der Waals surface area contributed by atoms with E-state index in [-0.39, 0.29) is 0 Å². The van der Waals surface area contributed by atoms with Crippen LogP contribution in [0.1, 0.15) is 58.6 Å². The van der Waals surface area contributed by atoms with Crippen LogP contribution in [-0.4, -0.2) is 36.2 Å². The molecule has 7 nitrogen and oxygen atoms in total. The molecule has 0 radical (unpaired) electrons. The molecule has 0 aromatic heterocycles. The zero-order valence-electron chi connectivity index (χ0n) is 25.1. The average Bonchev–Trinajstić information content (AvgIpc) is 2.89. The fourth-order valence-corrected chi connectivity index (χ4v) is 5.38. The molecule has 1 N–H and O–H groups in total. The van der Waals surface area contributed by atoms with Gasteiger partial charge in [-0.15, -0.1) is 0 Å². The number of rotatable bonds is 10. The van der Waals surface area contributed by atoms with Gasteiger partial charge in [0.15, 0.2) is 5.79 Å². The number of aryl methyl sites for hydroxylation is 1. The number of hydrogen-bond acceptors (Lipinski definition) is 6. The SMILES string of the molecule is CC(C)(C)OC(=O)NC1(CCCc2ccc(Oc3cccc(OCc4cc(Cl)cc(Cl)c4)c3)cc2Cl)COC(C)(C)OC1. The van der Waals surface area contributed by atoms with Gasteiger partial charge in [-0.2, -0.15) is 0 Å². The first kappa shape index (κ1) is 33.2. The van der Waals surface area contributed by atoms with Crippen LogP contribution >= 0.6 is 34.8 Å². The van der Waals surface area contributed by atoms with Crippen LogP contribution in [0.5, 0.6) is 17.2 Å². The van der Waals surface area contributed by atoms with Crippen molar-refractivity contribution >= 4 is 40.9 Å². The zero-order chi connectivity index (χ0) is 31.3. The Labute approximate surface area is 268 Å². The van der Waals surface area contributed by atoms with Crippen LogP contribution < -0.4 is 14.8 Å². The Morgan fingerprint density at radius 2 is 1.56 bits per heavy atom. The van der Waals surface area contributed by atoms with Gasteiger partial charge in [-0.25, -0.2) is 4.79 Å². The van der Waals surface area contributed by atoms with Crippen molar-refractivity contribution in [1.82, 2.24) is 5.32 Å². The second-order valence-electron chi connectivity index (χ2n) is 12.1. The topological polar surface area (TPSA) is 75.3 Å². The number of hydrogen-bond donors (Lipinski definition) is 1. The summed E-state index contributed by atoms with van der Waals surface area (Å²) in [5, 5.41) is 4.71. The van der Waals surface area contributed by atoms with Crippen LogP contribution in [0.15, 0.2) is 60.7 Å². The molecule has 232 valence electrons. The lowest BCUT2D eigenvalue weighted by Crippen LogP contribution is -2.61. The van der Waals surface area contributed by atoms with E-state index in [9.17, 15) is 4.79 Å². The van der Waals surface area contributed by atoms with Crippen LogP contribution in [0.25, 0.3) is 0 Å². The van der Waals surface area contributed by atoms with Gasteiger partial charge in [0.25, 0.3) is 0 Å². The summed E-state index contributed by atoms with van der Waals surface area (Å²) in [6.07, 6.45) is 1.55. The summed E-state index contributed by atoms with van der Waals surface area (Å²) in [4.78, 5) is 12.6. The highest BCUT2D eigenvalue weighted by molar-refractivity contribution is 6.34. The smallest absolute Gasteiger partial charge is 0.408 e. The molecule has 1 amide bonds. The molecule has 43 heavy (non-hydrogen) atoms. The second kappa shape index (κ2) is 14.0. The molecule has 3 aromatic rings. The quantitative estimate of drug-likeness (QED) is 0.236. The predicted molar refractivity (Wildman–Crippen MR) is 170 cm³/mol. The van der Waals surface area contributed by atoms with Crippen molar-refractivity contribution in [3.63, 3.8) is 0 Å². The number of nitrogens with one attached hydrogen (secondary N) is 1. The van der Waals surface area contributed by atoms with E-state index >= 15 is 0 Å². The molecule has 1 saturated heterocycles. The van der Waals surface area contributed by atoms with Crippen LogP contribution in [0.3, 0.4) is 0 Å². The lowest BCUT2D eigenvalue weighted by molar-refractivity contribution is -0.271. The van der Waals surface area contributed by atoms with E-state index in [2.05, 4.69) is 5.32 Å². The monoisotopic (exact) mass is 649 g/mol. The van der Waals surface area contributed by atoms with Crippen LogP contribution in [0, 0.1) is 0 Å². The van der Waals surface area contributed by atoms with E-state index in [0.717, 1.165) is 17.5 Å². The summed E-state index contributed by atoms with van der Waals surface area (Å²) in [6.45, 7) is 10.1. The summed E-state index contributed by atoms with van der Waals surface area (Å²) in [7, 11) is 0. The fraction of sp³-hybridized carbons (Fsp3) is 0.424. The largest absolute Gasteiger partial charge is 0.489 e. The van der Waals surface area contributed by atoms with Crippen molar-refractivity contribution in [3.8, 4) is 17.2 Å². The Kier molecular flexibility index (Phi) is 10.8. The number of carbonyl (C=O) groups is 1. The Morgan fingerprint density at radius 1 is 0.907 bits per heavy atom. The van der Waals surface area contributed by atoms with Gasteiger partial charge in [0.1, 0.15) is 29.5 Å². The predicted octanol–water partition coefficient (Wildman–Crippen LogP) is 9.39. The van der Waals surface area contributed by atoms with Gasteiger partial charge in [-0.05, 0) is 107 Å². The molecule has 1 aliphatic rings. The molecule has 1 fully saturated rings. The molecule has 10 heteroatoms. The number of ether oxygens (including phenoxy) is 5. The number of amides is 1. The molecule has 0 spiro atoms. The lowest BCUT2D eigenvalue weighted by atomic mass is 9.92. The van der Waals surface area contributed by atoms with E-state index in [1.807, 2.05) is 77.1 Å². The average molecular weight is 651 g/mol. The molecular weight excluding hydrogens is 613 g/mol. The Hall–Kier alpha value is -2.68. The highest BCUT2D eigenvalue weighted by Gasteiger charge is 2.41. The van der Waals surface area contributed by atoms with Gasteiger partial charge in [-0.1, -0.05) is 46.9 Å². The molecule has 0 atom stereocenters. The van der Waals surface area contributed by atoms with Crippen LogP contribution in [0.2, 0.25) is 15.1 Å². The molecule has 1 heterocycles. The van der Waals surface area contributed by atoms with Crippen LogP contribution in [0.4, 0.5) is 4.79 Å². The fourth-order valence-electron chi connectivity index (χ4n) is 4.54. The molecule has 3 aromatic carbocycles. The first-order valence-corrected chi connectivity index (χ1v) is 15.3. The minimum absolute atomic E-state index is 0.314. The minimum atomic E-state index is -0.714. The second-order valence-corrected chi connectivity index (χ2v) is 13.4. The van der Waals surface area contributed by atoms with Gasteiger partial charge >= 0.3 is 6.09 Å². The summed E-state index contributed by atoms with van der Waals surface area (Å²) in [5.41, 5.74) is 0.513. The first-order chi connectivity index (χ1) is 20.2. The lowest BCUT2D eigenvalue weighted by Gasteiger charge is -2.44. The molecule has 0 unspecified atom stereocenters. The van der Waals surface area contributed by atoms with E-state index in [1.54, 1.807) is 18.2 Å². The van der Waals surface area contributed by atoms with Crippen molar-refractivity contribution in [1.29, 1.82) is 0 Å². The Bertz CT molecular complexity index is 1390. The number of benzene rings is 3. The molecule has 0 saturated carbocycles. The maximum Gasteiger partial charge on any atom is 0.408 e. The van der Waals surface area contributed by atoms with E-state index in [0.29, 0.717) is 65.0 Å². The molecule has 0 bridgehead atoms. The minimum Gasteiger partial charge on any atom is -0.489 e. The van der Waals surface area contributed by atoms with E-state index < -0.39 is 23.0 Å². The van der Waals surface area contributed by atoms with Crippen molar-refractivity contribution in [2.24, 2.45) is 0 Å². The number of carbonyl (C=O) groups excluding carboxylic acids is 1. The zero-order valence-corrected chi connectivity index (χ0v) is 27.4. The molecular formula is C33H38Cl3NO6. The Morgan fingerprint density at radius 3 is 2.21 bits per heavy atom. The number of alkyl carbamates (subject to hydrolysis) is 1. The normalized spacial score (nSPS) is 15.9. The van der Waals surface area contributed by atoms with Gasteiger partial charge in [0.05, 0.1) is 18.8 Å². The van der Waals surface area contributed by atoms with Crippen LogP contribution in [-0.2, 0) is 27.2 Å². The van der Waals surface area contributed by atoms with Crippen molar-refractivity contribution < 1.29 is 28.5 Å². The highest BCUT2D eigenvalue weighted by atomic mass is 35.5. The summed E-state index contributed by atoms with van der Waals surface area (Å²) in [5.74, 6) is 1.14. The third-order valence-corrected chi connectivity index (χ3v) is 7.44. The highest BCUT2D eigenvalue weighted by Crippen LogP contribution is 2.32. The standard InChI is InChI=1S/C33H38Cl3NO6/c1-31(2,3)43-30(38)37-33(20-40-32(4,5)41-21-33)13-7-8-23-11-12-28(18-29(23)36)42-27-10-6-9-26(17-27)39-19-22-14-24(34)16-25(35)15-22/h6,9-12,14-18H,7-8,13,19-21H2,1-5H3,(H,37,38). The third kappa shape index (κ3) is 10.5. The summed E-state index contributed by atoms with van der Waals surface area (Å²) in [6, 6.07) is 18.3. The van der Waals surface area contributed by atoms with Gasteiger partial charge in [0, 0.05) is 21.1 Å². The summed E-state index contributed by atoms with van der Waals surface area (Å²) < 4.78 is 29.3. The van der Waals surface area contributed by atoms with Gasteiger partial charge in [-0.3, -0.25) is 0 Å². The van der Waals surface area contributed by atoms with Gasteiger partial charge < -0.3 is 29.0 Å². The molecule has 4 rings (SSSR count). The van der Waals surface area contributed by atoms with Crippen molar-refractivity contribution in [2.45, 2.75) is 77.4 Å². The van der Waals surface area contributed by atoms with Gasteiger partial charge in [0.2, 0.25) is 0 Å². The van der Waals surface area contributed by atoms with E-state index in [4.69, 9.17) is 58.5 Å². The Balaban J connectivity index is 1.34. The van der Waals surface area contributed by atoms with Crippen molar-refractivity contribution in [3.05, 3.63) is 86.9 Å². The maximum atomic E-state index is 12.6. The maximum absolute atomic E-state index is 12.6. The molecule has 0 aliphatic carbocycles. The van der Waals surface area contributed by atoms with E-state index in [1.165, 1.54) is 0 Å². The summed E-state index contributed by atoms with van der Waals surface area (Å²) >= 11 is 18.8. The molecule has 1 aliphatic heterocycles. The number of halogens is 3. The first-order valence-electron chi connectivity index (χ1n) is 14.1.